The fourth-order valence-corrected chi connectivity index (χ4v) is 3.91. The summed E-state index contributed by atoms with van der Waals surface area (Å²) >= 11 is 0. The molecule has 0 aromatic rings. The SMILES string of the molecule is CC1CNC(C)(C2CC2)CN1CC1CCCC1. The lowest BCUT2D eigenvalue weighted by Crippen LogP contribution is -2.63. The first-order chi connectivity index (χ1) is 8.17. The molecule has 98 valence electrons. The van der Waals surface area contributed by atoms with Crippen molar-refractivity contribution in [3.63, 3.8) is 0 Å². The van der Waals surface area contributed by atoms with Crippen molar-refractivity contribution < 1.29 is 0 Å². The minimum absolute atomic E-state index is 0.422. The summed E-state index contributed by atoms with van der Waals surface area (Å²) in [6.07, 6.45) is 8.83. The first-order valence-corrected chi connectivity index (χ1v) is 7.66. The molecule has 3 aliphatic rings. The van der Waals surface area contributed by atoms with Crippen molar-refractivity contribution in [2.75, 3.05) is 19.6 Å². The van der Waals surface area contributed by atoms with E-state index < -0.39 is 0 Å². The number of rotatable bonds is 3. The number of piperazine rings is 1. The molecule has 0 bridgehead atoms. The van der Waals surface area contributed by atoms with Gasteiger partial charge in [-0.3, -0.25) is 4.90 Å². The van der Waals surface area contributed by atoms with Crippen LogP contribution in [0.15, 0.2) is 0 Å². The van der Waals surface area contributed by atoms with Gasteiger partial charge in [-0.2, -0.15) is 0 Å². The fourth-order valence-electron chi connectivity index (χ4n) is 3.91. The fraction of sp³-hybridized carbons (Fsp3) is 1.00. The molecule has 1 aliphatic heterocycles. The van der Waals surface area contributed by atoms with Crippen molar-refractivity contribution in [3.05, 3.63) is 0 Å². The van der Waals surface area contributed by atoms with Gasteiger partial charge in [0.25, 0.3) is 0 Å². The lowest BCUT2D eigenvalue weighted by Gasteiger charge is -2.46. The molecule has 1 N–H and O–H groups in total. The number of hydrogen-bond donors (Lipinski definition) is 1. The lowest BCUT2D eigenvalue weighted by atomic mass is 9.90. The Morgan fingerprint density at radius 3 is 2.53 bits per heavy atom. The van der Waals surface area contributed by atoms with Crippen LogP contribution >= 0.6 is 0 Å². The Labute approximate surface area is 106 Å². The molecule has 17 heavy (non-hydrogen) atoms. The minimum atomic E-state index is 0.422. The summed E-state index contributed by atoms with van der Waals surface area (Å²) in [6.45, 7) is 8.70. The van der Waals surface area contributed by atoms with Crippen molar-refractivity contribution in [1.29, 1.82) is 0 Å². The summed E-state index contributed by atoms with van der Waals surface area (Å²) in [5, 5.41) is 3.82. The Hall–Kier alpha value is -0.0800. The maximum atomic E-state index is 3.82. The maximum absolute atomic E-state index is 3.82. The highest BCUT2D eigenvalue weighted by Gasteiger charge is 2.45. The molecule has 1 heterocycles. The van der Waals surface area contributed by atoms with Crippen LogP contribution in [0.4, 0.5) is 0 Å². The predicted molar refractivity (Wildman–Crippen MR) is 72.1 cm³/mol. The quantitative estimate of drug-likeness (QED) is 0.810. The first-order valence-electron chi connectivity index (χ1n) is 7.66. The van der Waals surface area contributed by atoms with E-state index >= 15 is 0 Å². The summed E-state index contributed by atoms with van der Waals surface area (Å²) in [4.78, 5) is 2.78. The van der Waals surface area contributed by atoms with Crippen molar-refractivity contribution in [2.45, 2.75) is 64.0 Å². The van der Waals surface area contributed by atoms with Crippen LogP contribution in [-0.4, -0.2) is 36.1 Å². The topological polar surface area (TPSA) is 15.3 Å². The molecule has 2 nitrogen and oxygen atoms in total. The highest BCUT2D eigenvalue weighted by atomic mass is 15.3. The molecule has 2 saturated carbocycles. The molecule has 0 aromatic carbocycles. The monoisotopic (exact) mass is 236 g/mol. The Kier molecular flexibility index (Phi) is 3.20. The molecule has 2 atom stereocenters. The van der Waals surface area contributed by atoms with E-state index in [0.29, 0.717) is 5.54 Å². The van der Waals surface area contributed by atoms with Gasteiger partial charge in [-0.1, -0.05) is 12.8 Å². The van der Waals surface area contributed by atoms with Crippen LogP contribution in [0.2, 0.25) is 0 Å². The minimum Gasteiger partial charge on any atom is -0.308 e. The van der Waals surface area contributed by atoms with Crippen molar-refractivity contribution in [1.82, 2.24) is 10.2 Å². The van der Waals surface area contributed by atoms with Gasteiger partial charge < -0.3 is 5.32 Å². The van der Waals surface area contributed by atoms with E-state index in [1.165, 1.54) is 58.2 Å². The largest absolute Gasteiger partial charge is 0.308 e. The average molecular weight is 236 g/mol. The molecule has 2 unspecified atom stereocenters. The zero-order chi connectivity index (χ0) is 11.9. The molecule has 3 rings (SSSR count). The summed E-state index contributed by atoms with van der Waals surface area (Å²) in [7, 11) is 0. The van der Waals surface area contributed by atoms with Gasteiger partial charge in [-0.15, -0.1) is 0 Å². The molecular formula is C15H28N2. The van der Waals surface area contributed by atoms with E-state index in [-0.39, 0.29) is 0 Å². The molecule has 1 saturated heterocycles. The Balaban J connectivity index is 1.60. The summed E-state index contributed by atoms with van der Waals surface area (Å²) in [6, 6.07) is 0.738. The van der Waals surface area contributed by atoms with Gasteiger partial charge in [0.2, 0.25) is 0 Å². The van der Waals surface area contributed by atoms with Crippen molar-refractivity contribution in [2.24, 2.45) is 11.8 Å². The predicted octanol–water partition coefficient (Wildman–Crippen LogP) is 2.64. The number of nitrogens with one attached hydrogen (secondary N) is 1. The average Bonchev–Trinajstić information content (AvgIpc) is 3.05. The summed E-state index contributed by atoms with van der Waals surface area (Å²) in [5.74, 6) is 1.96. The Bertz CT molecular complexity index is 268. The Morgan fingerprint density at radius 1 is 1.18 bits per heavy atom. The molecular weight excluding hydrogens is 208 g/mol. The third-order valence-corrected chi connectivity index (χ3v) is 5.40. The van der Waals surface area contributed by atoms with Gasteiger partial charge in [0.15, 0.2) is 0 Å². The normalized spacial score (nSPS) is 40.9. The van der Waals surface area contributed by atoms with E-state index in [1.807, 2.05) is 0 Å². The number of nitrogens with zero attached hydrogens (tertiary/aromatic N) is 1. The van der Waals surface area contributed by atoms with E-state index in [2.05, 4.69) is 24.1 Å². The molecule has 0 spiro atoms. The summed E-state index contributed by atoms with van der Waals surface area (Å²) in [5.41, 5.74) is 0.422. The van der Waals surface area contributed by atoms with Gasteiger partial charge in [0, 0.05) is 31.2 Å². The van der Waals surface area contributed by atoms with E-state index in [1.54, 1.807) is 0 Å². The second-order valence-corrected chi connectivity index (χ2v) is 7.00. The molecule has 0 radical (unpaired) electrons. The van der Waals surface area contributed by atoms with Gasteiger partial charge in [0.1, 0.15) is 0 Å². The van der Waals surface area contributed by atoms with Crippen molar-refractivity contribution in [3.8, 4) is 0 Å². The Morgan fingerprint density at radius 2 is 1.88 bits per heavy atom. The van der Waals surface area contributed by atoms with Crippen LogP contribution in [0.5, 0.6) is 0 Å². The third-order valence-electron chi connectivity index (χ3n) is 5.40. The zero-order valence-corrected chi connectivity index (χ0v) is 11.5. The zero-order valence-electron chi connectivity index (χ0n) is 11.5. The van der Waals surface area contributed by atoms with Crippen LogP contribution in [0, 0.1) is 11.8 Å². The van der Waals surface area contributed by atoms with E-state index in [4.69, 9.17) is 0 Å². The molecule has 0 aromatic heterocycles. The van der Waals surface area contributed by atoms with Gasteiger partial charge in [0.05, 0.1) is 0 Å². The maximum Gasteiger partial charge on any atom is 0.0309 e. The first kappa shape index (κ1) is 12.0. The standard InChI is InChI=1S/C15H28N2/c1-12-9-16-15(2,14-7-8-14)11-17(12)10-13-5-3-4-6-13/h12-14,16H,3-11H2,1-2H3. The van der Waals surface area contributed by atoms with E-state index in [0.717, 1.165) is 17.9 Å². The summed E-state index contributed by atoms with van der Waals surface area (Å²) < 4.78 is 0. The second kappa shape index (κ2) is 4.55. The van der Waals surface area contributed by atoms with E-state index in [9.17, 15) is 0 Å². The van der Waals surface area contributed by atoms with Crippen LogP contribution < -0.4 is 5.32 Å². The van der Waals surface area contributed by atoms with Gasteiger partial charge in [-0.25, -0.2) is 0 Å². The highest BCUT2D eigenvalue weighted by molar-refractivity contribution is 5.03. The van der Waals surface area contributed by atoms with Crippen molar-refractivity contribution >= 4 is 0 Å². The van der Waals surface area contributed by atoms with Crippen LogP contribution in [0.25, 0.3) is 0 Å². The van der Waals surface area contributed by atoms with Gasteiger partial charge in [-0.05, 0) is 51.4 Å². The second-order valence-electron chi connectivity index (χ2n) is 7.00. The number of hydrogen-bond acceptors (Lipinski definition) is 2. The van der Waals surface area contributed by atoms with Gasteiger partial charge >= 0.3 is 0 Å². The molecule has 3 fully saturated rings. The smallest absolute Gasteiger partial charge is 0.0309 e. The molecule has 0 amide bonds. The van der Waals surface area contributed by atoms with Crippen LogP contribution in [-0.2, 0) is 0 Å². The molecule has 2 heteroatoms. The van der Waals surface area contributed by atoms with Crippen LogP contribution in [0.1, 0.15) is 52.4 Å². The highest BCUT2D eigenvalue weighted by Crippen LogP contribution is 2.41. The molecule has 2 aliphatic carbocycles. The lowest BCUT2D eigenvalue weighted by molar-refractivity contribution is 0.0698. The van der Waals surface area contributed by atoms with Crippen LogP contribution in [0.3, 0.4) is 0 Å². The third kappa shape index (κ3) is 2.53.